The van der Waals surface area contributed by atoms with Gasteiger partial charge in [0.1, 0.15) is 5.75 Å². The van der Waals surface area contributed by atoms with Gasteiger partial charge in [0.25, 0.3) is 0 Å². The molecule has 1 atom stereocenters. The molecule has 0 amide bonds. The summed E-state index contributed by atoms with van der Waals surface area (Å²) in [6.45, 7) is 3.19. The molecule has 0 aromatic heterocycles. The average molecular weight is 443 g/mol. The van der Waals surface area contributed by atoms with Crippen LogP contribution in [0.2, 0.25) is 5.02 Å². The van der Waals surface area contributed by atoms with Crippen molar-refractivity contribution in [1.29, 1.82) is 0 Å². The highest BCUT2D eigenvalue weighted by atomic mass is 35.5. The number of nitrogens with zero attached hydrogens (tertiary/aromatic N) is 2. The number of benzene rings is 2. The predicted octanol–water partition coefficient (Wildman–Crippen LogP) is 4.04. The number of nitrogens with one attached hydrogen (secondary N) is 1. The van der Waals surface area contributed by atoms with Crippen molar-refractivity contribution in [2.24, 2.45) is 10.7 Å². The van der Waals surface area contributed by atoms with Gasteiger partial charge in [0.15, 0.2) is 5.96 Å². The molecule has 30 heavy (non-hydrogen) atoms. The van der Waals surface area contributed by atoms with Crippen LogP contribution >= 0.6 is 11.6 Å². The van der Waals surface area contributed by atoms with Gasteiger partial charge in [-0.3, -0.25) is 9.89 Å². The second-order valence-electron chi connectivity index (χ2n) is 6.64. The Hall–Kier alpha value is -2.49. The highest BCUT2D eigenvalue weighted by Crippen LogP contribution is 2.26. The number of morpholine rings is 1. The Balaban J connectivity index is 1.67. The van der Waals surface area contributed by atoms with E-state index in [0.717, 1.165) is 18.7 Å². The van der Waals surface area contributed by atoms with Crippen molar-refractivity contribution in [3.05, 3.63) is 59.1 Å². The lowest BCUT2D eigenvalue weighted by atomic mass is 10.0. The minimum atomic E-state index is -4.73. The SMILES string of the molecule is NC(=NCC(c1cccc(Cl)c1)N1CCOCC1)Nc1ccc(OC(F)(F)F)cc1. The van der Waals surface area contributed by atoms with E-state index in [0.29, 0.717) is 30.5 Å². The Morgan fingerprint density at radius 3 is 2.53 bits per heavy atom. The summed E-state index contributed by atoms with van der Waals surface area (Å²) in [5.74, 6) is -0.156. The van der Waals surface area contributed by atoms with E-state index in [1.54, 1.807) is 0 Å². The first-order valence-electron chi connectivity index (χ1n) is 9.30. The molecule has 1 fully saturated rings. The fourth-order valence-electron chi connectivity index (χ4n) is 3.15. The van der Waals surface area contributed by atoms with Crippen molar-refractivity contribution < 1.29 is 22.6 Å². The summed E-state index contributed by atoms with van der Waals surface area (Å²) in [7, 11) is 0. The molecule has 1 aliphatic rings. The van der Waals surface area contributed by atoms with Crippen molar-refractivity contribution in [3.63, 3.8) is 0 Å². The number of guanidine groups is 1. The Kier molecular flexibility index (Phi) is 7.41. The van der Waals surface area contributed by atoms with Crippen molar-refractivity contribution in [3.8, 4) is 5.75 Å². The van der Waals surface area contributed by atoms with Gasteiger partial charge in [-0.15, -0.1) is 13.2 Å². The molecule has 0 radical (unpaired) electrons. The molecule has 0 saturated carbocycles. The zero-order chi connectivity index (χ0) is 21.6. The Labute approximate surface area is 177 Å². The number of halogens is 4. The third kappa shape index (κ3) is 6.79. The quantitative estimate of drug-likeness (QED) is 0.522. The van der Waals surface area contributed by atoms with Crippen molar-refractivity contribution >= 4 is 23.2 Å². The van der Waals surface area contributed by atoms with E-state index in [2.05, 4.69) is 19.9 Å². The summed E-state index contributed by atoms with van der Waals surface area (Å²) in [5, 5.41) is 3.52. The number of hydrogen-bond acceptors (Lipinski definition) is 4. The first-order chi connectivity index (χ1) is 14.3. The van der Waals surface area contributed by atoms with Crippen LogP contribution in [0.25, 0.3) is 0 Å². The van der Waals surface area contributed by atoms with Crippen LogP contribution in [0.3, 0.4) is 0 Å². The van der Waals surface area contributed by atoms with Crippen LogP contribution in [-0.2, 0) is 4.74 Å². The molecule has 2 aromatic carbocycles. The standard InChI is InChI=1S/C20H22ClF3N4O2/c21-15-3-1-2-14(12-15)18(28-8-10-29-11-9-28)13-26-19(25)27-16-4-6-17(7-5-16)30-20(22,23)24/h1-7,12,18H,8-11,13H2,(H3,25,26,27). The largest absolute Gasteiger partial charge is 0.573 e. The Morgan fingerprint density at radius 2 is 1.90 bits per heavy atom. The molecule has 1 unspecified atom stereocenters. The third-order valence-electron chi connectivity index (χ3n) is 4.51. The fourth-order valence-corrected chi connectivity index (χ4v) is 3.35. The topological polar surface area (TPSA) is 72.1 Å². The van der Waals surface area contributed by atoms with Crippen LogP contribution in [0.1, 0.15) is 11.6 Å². The molecular formula is C20H22ClF3N4O2. The second-order valence-corrected chi connectivity index (χ2v) is 7.08. The maximum Gasteiger partial charge on any atom is 0.573 e. The Bertz CT molecular complexity index is 856. The lowest BCUT2D eigenvalue weighted by Gasteiger charge is -2.34. The number of nitrogens with two attached hydrogens (primary N) is 1. The van der Waals surface area contributed by atoms with Gasteiger partial charge >= 0.3 is 6.36 Å². The number of rotatable bonds is 6. The summed E-state index contributed by atoms with van der Waals surface area (Å²) in [5.41, 5.74) is 7.51. The fraction of sp³-hybridized carbons (Fsp3) is 0.350. The highest BCUT2D eigenvalue weighted by molar-refractivity contribution is 6.30. The van der Waals surface area contributed by atoms with Crippen molar-refractivity contribution in [2.75, 3.05) is 38.2 Å². The molecule has 1 saturated heterocycles. The van der Waals surface area contributed by atoms with Gasteiger partial charge in [-0.2, -0.15) is 0 Å². The minimum Gasteiger partial charge on any atom is -0.406 e. The predicted molar refractivity (Wildman–Crippen MR) is 110 cm³/mol. The van der Waals surface area contributed by atoms with E-state index in [4.69, 9.17) is 22.1 Å². The smallest absolute Gasteiger partial charge is 0.406 e. The molecule has 3 N–H and O–H groups in total. The molecule has 2 aromatic rings. The lowest BCUT2D eigenvalue weighted by Crippen LogP contribution is -2.40. The Morgan fingerprint density at radius 1 is 1.20 bits per heavy atom. The molecule has 162 valence electrons. The monoisotopic (exact) mass is 442 g/mol. The van der Waals surface area contributed by atoms with E-state index in [1.807, 2.05) is 24.3 Å². The number of alkyl halides is 3. The number of aliphatic imine (C=N–C) groups is 1. The van der Waals surface area contributed by atoms with Crippen LogP contribution in [0.4, 0.5) is 18.9 Å². The lowest BCUT2D eigenvalue weighted by molar-refractivity contribution is -0.274. The van der Waals surface area contributed by atoms with Crippen LogP contribution in [0, 0.1) is 0 Å². The molecule has 0 spiro atoms. The second kappa shape index (κ2) is 10.0. The van der Waals surface area contributed by atoms with E-state index in [-0.39, 0.29) is 17.8 Å². The van der Waals surface area contributed by atoms with Gasteiger partial charge in [0.2, 0.25) is 0 Å². The summed E-state index contributed by atoms with van der Waals surface area (Å²) in [4.78, 5) is 6.69. The van der Waals surface area contributed by atoms with Crippen LogP contribution in [0.5, 0.6) is 5.75 Å². The molecule has 1 heterocycles. The summed E-state index contributed by atoms with van der Waals surface area (Å²) in [6, 6.07) is 12.8. The maximum absolute atomic E-state index is 12.2. The zero-order valence-corrected chi connectivity index (χ0v) is 16.8. The van der Waals surface area contributed by atoms with Gasteiger partial charge in [-0.25, -0.2) is 0 Å². The molecule has 3 rings (SSSR count). The number of ether oxygens (including phenoxy) is 2. The average Bonchev–Trinajstić information content (AvgIpc) is 2.69. The normalized spacial score (nSPS) is 16.9. The summed E-state index contributed by atoms with van der Waals surface area (Å²) < 4.78 is 46.0. The zero-order valence-electron chi connectivity index (χ0n) is 16.0. The van der Waals surface area contributed by atoms with E-state index in [9.17, 15) is 13.2 Å². The van der Waals surface area contributed by atoms with Gasteiger partial charge in [0, 0.05) is 23.8 Å². The molecular weight excluding hydrogens is 421 g/mol. The summed E-state index contributed by atoms with van der Waals surface area (Å²) in [6.07, 6.45) is -4.73. The number of anilines is 1. The van der Waals surface area contributed by atoms with Crippen molar-refractivity contribution in [2.45, 2.75) is 12.4 Å². The molecule has 6 nitrogen and oxygen atoms in total. The van der Waals surface area contributed by atoms with Crippen LogP contribution in [0.15, 0.2) is 53.5 Å². The third-order valence-corrected chi connectivity index (χ3v) is 4.75. The van der Waals surface area contributed by atoms with Crippen LogP contribution < -0.4 is 15.8 Å². The highest BCUT2D eigenvalue weighted by Gasteiger charge is 2.31. The summed E-state index contributed by atoms with van der Waals surface area (Å²) >= 11 is 6.15. The van der Waals surface area contributed by atoms with Crippen molar-refractivity contribution in [1.82, 2.24) is 4.90 Å². The minimum absolute atomic E-state index is 0.0319. The van der Waals surface area contributed by atoms with Gasteiger partial charge < -0.3 is 20.5 Å². The molecule has 10 heteroatoms. The number of hydrogen-bond donors (Lipinski definition) is 2. The van der Waals surface area contributed by atoms with E-state index < -0.39 is 6.36 Å². The molecule has 0 bridgehead atoms. The molecule has 0 aliphatic carbocycles. The first-order valence-corrected chi connectivity index (χ1v) is 9.68. The van der Waals surface area contributed by atoms with Gasteiger partial charge in [-0.1, -0.05) is 23.7 Å². The van der Waals surface area contributed by atoms with E-state index in [1.165, 1.54) is 24.3 Å². The first kappa shape index (κ1) is 22.2. The maximum atomic E-state index is 12.2. The van der Waals surface area contributed by atoms with E-state index >= 15 is 0 Å². The molecule has 1 aliphatic heterocycles. The van der Waals surface area contributed by atoms with Gasteiger partial charge in [-0.05, 0) is 42.0 Å². The van der Waals surface area contributed by atoms with Gasteiger partial charge in [0.05, 0.1) is 25.8 Å². The van der Waals surface area contributed by atoms with Crippen LogP contribution in [-0.4, -0.2) is 50.1 Å².